The predicted octanol–water partition coefficient (Wildman–Crippen LogP) is 0.303. The van der Waals surface area contributed by atoms with Crippen molar-refractivity contribution in [2.75, 3.05) is 19.6 Å². The fraction of sp³-hybridized carbons (Fsp3) is 0.636. The Morgan fingerprint density at radius 3 is 3.00 bits per heavy atom. The molecule has 17 heavy (non-hydrogen) atoms. The summed E-state index contributed by atoms with van der Waals surface area (Å²) in [6.07, 6.45) is 5.39. The molecule has 6 heteroatoms. The summed E-state index contributed by atoms with van der Waals surface area (Å²) in [6.45, 7) is 2.58. The summed E-state index contributed by atoms with van der Waals surface area (Å²) < 4.78 is 28.1. The minimum absolute atomic E-state index is 0.338. The van der Waals surface area contributed by atoms with E-state index in [4.69, 9.17) is 0 Å². The Balaban J connectivity index is 1.85. The molecule has 1 saturated heterocycles. The molecule has 1 aromatic rings. The molecule has 1 fully saturated rings. The second kappa shape index (κ2) is 5.20. The van der Waals surface area contributed by atoms with Crippen LogP contribution in [0.4, 0.5) is 0 Å². The average Bonchev–Trinajstić information content (AvgIpc) is 2.89. The zero-order valence-corrected chi connectivity index (χ0v) is 10.8. The molecule has 0 radical (unpaired) electrons. The van der Waals surface area contributed by atoms with E-state index in [9.17, 15) is 8.42 Å². The molecule has 1 aromatic heterocycles. The lowest BCUT2D eigenvalue weighted by Crippen LogP contribution is -2.26. The molecule has 2 rings (SSSR count). The maximum atomic E-state index is 11.9. The summed E-state index contributed by atoms with van der Waals surface area (Å²) in [5.41, 5.74) is 0. The van der Waals surface area contributed by atoms with E-state index in [-0.39, 0.29) is 0 Å². The van der Waals surface area contributed by atoms with E-state index in [0.717, 1.165) is 25.9 Å². The molecule has 0 saturated carbocycles. The molecule has 0 bridgehead atoms. The smallest absolute Gasteiger partial charge is 0.242 e. The zero-order chi connectivity index (χ0) is 12.3. The number of hydrogen-bond donors (Lipinski definition) is 2. The fourth-order valence-corrected chi connectivity index (χ4v) is 3.18. The quantitative estimate of drug-likeness (QED) is 0.797. The van der Waals surface area contributed by atoms with E-state index in [1.807, 2.05) is 7.05 Å². The maximum absolute atomic E-state index is 11.9. The van der Waals surface area contributed by atoms with Gasteiger partial charge in [-0.05, 0) is 37.9 Å². The fourth-order valence-electron chi connectivity index (χ4n) is 2.08. The normalized spacial score (nSPS) is 20.9. The van der Waals surface area contributed by atoms with Crippen molar-refractivity contribution < 1.29 is 8.42 Å². The number of sulfonamides is 1. The van der Waals surface area contributed by atoms with Crippen LogP contribution >= 0.6 is 0 Å². The van der Waals surface area contributed by atoms with Gasteiger partial charge >= 0.3 is 0 Å². The molecule has 1 aliphatic heterocycles. The second-order valence-electron chi connectivity index (χ2n) is 4.56. The molecule has 1 unspecified atom stereocenters. The van der Waals surface area contributed by atoms with Crippen LogP contribution in [0.3, 0.4) is 0 Å². The zero-order valence-electron chi connectivity index (χ0n) is 10.0. The van der Waals surface area contributed by atoms with Gasteiger partial charge in [0, 0.05) is 26.0 Å². The van der Waals surface area contributed by atoms with Crippen LogP contribution in [0.5, 0.6) is 0 Å². The monoisotopic (exact) mass is 257 g/mol. The van der Waals surface area contributed by atoms with E-state index in [1.54, 1.807) is 23.0 Å². The van der Waals surface area contributed by atoms with E-state index in [0.29, 0.717) is 17.4 Å². The molecule has 0 spiro atoms. The van der Waals surface area contributed by atoms with Crippen molar-refractivity contribution in [3.63, 3.8) is 0 Å². The van der Waals surface area contributed by atoms with Crippen LogP contribution in [0.25, 0.3) is 0 Å². The van der Waals surface area contributed by atoms with Gasteiger partial charge in [-0.1, -0.05) is 0 Å². The van der Waals surface area contributed by atoms with Crippen LogP contribution < -0.4 is 10.0 Å². The minimum atomic E-state index is -3.32. The lowest BCUT2D eigenvalue weighted by Gasteiger charge is -2.09. The Bertz CT molecular complexity index is 461. The van der Waals surface area contributed by atoms with E-state index in [1.165, 1.54) is 0 Å². The van der Waals surface area contributed by atoms with Crippen molar-refractivity contribution in [2.45, 2.75) is 17.7 Å². The summed E-state index contributed by atoms with van der Waals surface area (Å²) >= 11 is 0. The summed E-state index contributed by atoms with van der Waals surface area (Å²) in [4.78, 5) is 0.338. The highest BCUT2D eigenvalue weighted by molar-refractivity contribution is 7.89. The maximum Gasteiger partial charge on any atom is 0.242 e. The Morgan fingerprint density at radius 2 is 2.41 bits per heavy atom. The van der Waals surface area contributed by atoms with E-state index >= 15 is 0 Å². The first-order valence-corrected chi connectivity index (χ1v) is 7.38. The topological polar surface area (TPSA) is 63.1 Å². The molecule has 0 aliphatic carbocycles. The molecule has 2 N–H and O–H groups in total. The molecule has 0 amide bonds. The average molecular weight is 257 g/mol. The van der Waals surface area contributed by atoms with Crippen LogP contribution in [0.1, 0.15) is 12.8 Å². The lowest BCUT2D eigenvalue weighted by atomic mass is 10.1. The Hall–Kier alpha value is -0.850. The van der Waals surface area contributed by atoms with Crippen molar-refractivity contribution >= 4 is 10.0 Å². The Kier molecular flexibility index (Phi) is 3.86. The van der Waals surface area contributed by atoms with Gasteiger partial charge in [0.05, 0.1) is 4.90 Å². The van der Waals surface area contributed by atoms with Gasteiger partial charge in [-0.25, -0.2) is 13.1 Å². The van der Waals surface area contributed by atoms with Crippen molar-refractivity contribution in [3.05, 3.63) is 18.5 Å². The van der Waals surface area contributed by atoms with Crippen LogP contribution in [0.2, 0.25) is 0 Å². The van der Waals surface area contributed by atoms with Crippen molar-refractivity contribution in [1.29, 1.82) is 0 Å². The Labute approximate surface area is 102 Å². The summed E-state index contributed by atoms with van der Waals surface area (Å²) in [6, 6.07) is 1.61. The number of nitrogens with one attached hydrogen (secondary N) is 2. The van der Waals surface area contributed by atoms with Crippen LogP contribution in [0, 0.1) is 5.92 Å². The summed E-state index contributed by atoms with van der Waals surface area (Å²) in [7, 11) is -1.51. The van der Waals surface area contributed by atoms with Gasteiger partial charge < -0.3 is 9.88 Å². The SMILES string of the molecule is Cn1ccc(S(=O)(=O)NCCC2CCNC2)c1. The molecule has 1 atom stereocenters. The Morgan fingerprint density at radius 1 is 1.59 bits per heavy atom. The second-order valence-corrected chi connectivity index (χ2v) is 6.32. The van der Waals surface area contributed by atoms with Crippen molar-refractivity contribution in [3.8, 4) is 0 Å². The largest absolute Gasteiger partial charge is 0.356 e. The van der Waals surface area contributed by atoms with Crippen LogP contribution in [-0.2, 0) is 17.1 Å². The van der Waals surface area contributed by atoms with Crippen molar-refractivity contribution in [2.24, 2.45) is 13.0 Å². The summed E-state index contributed by atoms with van der Waals surface area (Å²) in [5.74, 6) is 0.605. The molecular weight excluding hydrogens is 238 g/mol. The first-order chi connectivity index (χ1) is 8.08. The molecule has 2 heterocycles. The van der Waals surface area contributed by atoms with Gasteiger partial charge in [-0.3, -0.25) is 0 Å². The number of hydrogen-bond acceptors (Lipinski definition) is 3. The molecule has 0 aromatic carbocycles. The third-order valence-electron chi connectivity index (χ3n) is 3.12. The van der Waals surface area contributed by atoms with Gasteiger partial charge in [0.1, 0.15) is 0 Å². The third kappa shape index (κ3) is 3.31. The van der Waals surface area contributed by atoms with E-state index < -0.39 is 10.0 Å². The summed E-state index contributed by atoms with van der Waals surface area (Å²) in [5, 5.41) is 3.27. The minimum Gasteiger partial charge on any atom is -0.356 e. The number of nitrogens with zero attached hydrogens (tertiary/aromatic N) is 1. The number of aromatic nitrogens is 1. The molecular formula is C11H19N3O2S. The van der Waals surface area contributed by atoms with Crippen molar-refractivity contribution in [1.82, 2.24) is 14.6 Å². The molecule has 96 valence electrons. The van der Waals surface area contributed by atoms with Gasteiger partial charge in [-0.2, -0.15) is 0 Å². The highest BCUT2D eigenvalue weighted by atomic mass is 32.2. The first kappa shape index (κ1) is 12.6. The van der Waals surface area contributed by atoms with Crippen LogP contribution in [0.15, 0.2) is 23.4 Å². The first-order valence-electron chi connectivity index (χ1n) is 5.90. The lowest BCUT2D eigenvalue weighted by molar-refractivity contribution is 0.519. The van der Waals surface area contributed by atoms with Gasteiger partial charge in [0.2, 0.25) is 10.0 Å². The van der Waals surface area contributed by atoms with Gasteiger partial charge in [-0.15, -0.1) is 0 Å². The van der Waals surface area contributed by atoms with E-state index in [2.05, 4.69) is 10.0 Å². The van der Waals surface area contributed by atoms with Gasteiger partial charge in [0.15, 0.2) is 0 Å². The van der Waals surface area contributed by atoms with Gasteiger partial charge in [0.25, 0.3) is 0 Å². The number of rotatable bonds is 5. The highest BCUT2D eigenvalue weighted by Gasteiger charge is 2.17. The number of aryl methyl sites for hydroxylation is 1. The highest BCUT2D eigenvalue weighted by Crippen LogP contribution is 2.12. The standard InChI is InChI=1S/C11H19N3O2S/c1-14-7-4-11(9-14)17(15,16)13-6-3-10-2-5-12-8-10/h4,7,9-10,12-13H,2-3,5-6,8H2,1H3. The molecule has 5 nitrogen and oxygen atoms in total. The van der Waals surface area contributed by atoms with Crippen LogP contribution in [-0.4, -0.2) is 32.6 Å². The predicted molar refractivity (Wildman–Crippen MR) is 66.2 cm³/mol. The molecule has 1 aliphatic rings. The third-order valence-corrected chi connectivity index (χ3v) is 4.57.